The first-order valence-corrected chi connectivity index (χ1v) is 9.91. The van der Waals surface area contributed by atoms with Gasteiger partial charge in [-0.15, -0.1) is 5.10 Å². The molecule has 7 heteroatoms. The van der Waals surface area contributed by atoms with Crippen LogP contribution in [0.4, 0.5) is 0 Å². The van der Waals surface area contributed by atoms with Crippen LogP contribution in [0.25, 0.3) is 5.78 Å². The Morgan fingerprint density at radius 1 is 1.15 bits per heavy atom. The number of hydrogen-bond donors (Lipinski definition) is 0. The normalized spacial score (nSPS) is 11.7. The average molecular weight is 384 g/mol. The maximum atomic E-state index is 12.9. The van der Waals surface area contributed by atoms with Gasteiger partial charge in [-0.2, -0.15) is 4.98 Å². The zero-order valence-electron chi connectivity index (χ0n) is 16.4. The molecule has 142 valence electrons. The summed E-state index contributed by atoms with van der Waals surface area (Å²) in [6.45, 7) is 10.6. The fourth-order valence-corrected chi connectivity index (χ4v) is 3.57. The molecule has 0 unspecified atom stereocenters. The molecule has 1 amide bonds. The summed E-state index contributed by atoms with van der Waals surface area (Å²) in [5.74, 6) is 0.925. The topological polar surface area (TPSA) is 63.4 Å². The molecular formula is C20H25N5OS. The van der Waals surface area contributed by atoms with E-state index in [0.717, 1.165) is 17.0 Å². The van der Waals surface area contributed by atoms with E-state index in [0.29, 0.717) is 23.2 Å². The van der Waals surface area contributed by atoms with E-state index in [9.17, 15) is 4.79 Å². The van der Waals surface area contributed by atoms with Gasteiger partial charge in [-0.25, -0.2) is 9.50 Å². The van der Waals surface area contributed by atoms with Crippen LogP contribution in [0.5, 0.6) is 0 Å². The minimum atomic E-state index is -0.269. The number of hydrogen-bond acceptors (Lipinski definition) is 5. The highest BCUT2D eigenvalue weighted by Crippen LogP contribution is 2.21. The van der Waals surface area contributed by atoms with E-state index in [-0.39, 0.29) is 11.4 Å². The predicted molar refractivity (Wildman–Crippen MR) is 108 cm³/mol. The van der Waals surface area contributed by atoms with Crippen molar-refractivity contribution in [3.8, 4) is 0 Å². The molecule has 0 saturated heterocycles. The first kappa shape index (κ1) is 19.4. The van der Waals surface area contributed by atoms with Crippen molar-refractivity contribution < 1.29 is 4.79 Å². The van der Waals surface area contributed by atoms with Crippen molar-refractivity contribution in [2.24, 2.45) is 0 Å². The highest BCUT2D eigenvalue weighted by atomic mass is 32.2. The van der Waals surface area contributed by atoms with Crippen LogP contribution in [0.3, 0.4) is 0 Å². The molecule has 0 fully saturated rings. The highest BCUT2D eigenvalue weighted by molar-refractivity contribution is 7.99. The first-order chi connectivity index (χ1) is 12.7. The minimum absolute atomic E-state index is 0.0658. The van der Waals surface area contributed by atoms with E-state index in [1.54, 1.807) is 4.52 Å². The summed E-state index contributed by atoms with van der Waals surface area (Å²) >= 11 is 1.35. The SMILES string of the molecule is Cc1cc(C)n2nc(SCC(=O)N(Cc3ccccc3)C(C)(C)C)nc2n1. The number of aromatic nitrogens is 4. The summed E-state index contributed by atoms with van der Waals surface area (Å²) in [6.07, 6.45) is 0. The fourth-order valence-electron chi connectivity index (χ4n) is 2.88. The second kappa shape index (κ2) is 7.68. The summed E-state index contributed by atoms with van der Waals surface area (Å²) in [7, 11) is 0. The molecule has 0 N–H and O–H groups in total. The molecule has 3 aromatic rings. The monoisotopic (exact) mass is 383 g/mol. The standard InChI is InChI=1S/C20H25N5OS/c1-14-11-15(2)25-18(21-14)22-19(23-25)27-13-17(26)24(20(3,4)5)12-16-9-7-6-8-10-16/h6-11H,12-13H2,1-5H3. The zero-order chi connectivity index (χ0) is 19.6. The van der Waals surface area contributed by atoms with Gasteiger partial charge in [0, 0.05) is 23.5 Å². The quantitative estimate of drug-likeness (QED) is 0.629. The van der Waals surface area contributed by atoms with Gasteiger partial charge < -0.3 is 4.90 Å². The number of carbonyl (C=O) groups is 1. The van der Waals surface area contributed by atoms with E-state index < -0.39 is 0 Å². The Balaban J connectivity index is 1.73. The molecule has 0 bridgehead atoms. The average Bonchev–Trinajstić information content (AvgIpc) is 3.01. The van der Waals surface area contributed by atoms with Gasteiger partial charge in [-0.3, -0.25) is 4.79 Å². The van der Waals surface area contributed by atoms with Gasteiger partial charge in [-0.1, -0.05) is 42.1 Å². The summed E-state index contributed by atoms with van der Waals surface area (Å²) in [4.78, 5) is 23.7. The van der Waals surface area contributed by atoms with E-state index >= 15 is 0 Å². The van der Waals surface area contributed by atoms with Crippen LogP contribution in [0.2, 0.25) is 0 Å². The van der Waals surface area contributed by atoms with Gasteiger partial charge in [0.05, 0.1) is 5.75 Å². The van der Waals surface area contributed by atoms with Gasteiger partial charge in [0.15, 0.2) is 0 Å². The Hall–Kier alpha value is -2.41. The number of thioether (sulfide) groups is 1. The highest BCUT2D eigenvalue weighted by Gasteiger charge is 2.26. The molecule has 0 aliphatic carbocycles. The lowest BCUT2D eigenvalue weighted by atomic mass is 10.0. The van der Waals surface area contributed by atoms with E-state index in [1.807, 2.05) is 55.1 Å². The van der Waals surface area contributed by atoms with Crippen LogP contribution in [0.1, 0.15) is 37.7 Å². The molecule has 0 aliphatic heterocycles. The van der Waals surface area contributed by atoms with Crippen molar-refractivity contribution in [3.05, 3.63) is 53.3 Å². The third-order valence-corrected chi connectivity index (χ3v) is 5.04. The number of carbonyl (C=O) groups excluding carboxylic acids is 1. The van der Waals surface area contributed by atoms with E-state index in [1.165, 1.54) is 11.8 Å². The van der Waals surface area contributed by atoms with Crippen molar-refractivity contribution in [2.75, 3.05) is 5.75 Å². The van der Waals surface area contributed by atoms with Crippen molar-refractivity contribution in [1.29, 1.82) is 0 Å². The van der Waals surface area contributed by atoms with Crippen LogP contribution in [0.15, 0.2) is 41.6 Å². The van der Waals surface area contributed by atoms with Crippen LogP contribution in [-0.2, 0) is 11.3 Å². The molecule has 0 spiro atoms. The molecule has 3 rings (SSSR count). The smallest absolute Gasteiger partial charge is 0.253 e. The van der Waals surface area contributed by atoms with Crippen LogP contribution in [-0.4, -0.2) is 41.7 Å². The summed E-state index contributed by atoms with van der Waals surface area (Å²) < 4.78 is 1.71. The molecule has 2 heterocycles. The first-order valence-electron chi connectivity index (χ1n) is 8.92. The molecule has 27 heavy (non-hydrogen) atoms. The molecule has 2 aromatic heterocycles. The number of rotatable bonds is 5. The second-order valence-electron chi connectivity index (χ2n) is 7.57. The maximum Gasteiger partial charge on any atom is 0.253 e. The molecule has 0 saturated carbocycles. The Kier molecular flexibility index (Phi) is 5.51. The minimum Gasteiger partial charge on any atom is -0.333 e. The third-order valence-electron chi connectivity index (χ3n) is 4.22. The fraction of sp³-hybridized carbons (Fsp3) is 0.400. The Morgan fingerprint density at radius 3 is 2.52 bits per heavy atom. The van der Waals surface area contributed by atoms with Crippen molar-refractivity contribution in [3.63, 3.8) is 0 Å². The number of aryl methyl sites for hydroxylation is 2. The lowest BCUT2D eigenvalue weighted by molar-refractivity contribution is -0.133. The molecular weight excluding hydrogens is 358 g/mol. The molecule has 1 aromatic carbocycles. The number of nitrogens with zero attached hydrogens (tertiary/aromatic N) is 5. The second-order valence-corrected chi connectivity index (χ2v) is 8.51. The van der Waals surface area contributed by atoms with E-state index in [4.69, 9.17) is 0 Å². The van der Waals surface area contributed by atoms with Gasteiger partial charge in [0.1, 0.15) is 0 Å². The Labute approximate surface area is 164 Å². The van der Waals surface area contributed by atoms with Crippen LogP contribution >= 0.6 is 11.8 Å². The van der Waals surface area contributed by atoms with Crippen molar-refractivity contribution in [2.45, 2.75) is 51.9 Å². The Bertz CT molecular complexity index is 946. The van der Waals surface area contributed by atoms with Gasteiger partial charge in [0.25, 0.3) is 5.78 Å². The molecule has 6 nitrogen and oxygen atoms in total. The zero-order valence-corrected chi connectivity index (χ0v) is 17.2. The number of fused-ring (bicyclic) bond motifs is 1. The summed E-state index contributed by atoms with van der Waals surface area (Å²) in [5, 5.41) is 5.03. The Morgan fingerprint density at radius 2 is 1.85 bits per heavy atom. The third kappa shape index (κ3) is 4.66. The lowest BCUT2D eigenvalue weighted by Gasteiger charge is -2.35. The number of benzene rings is 1. The molecule has 0 atom stereocenters. The summed E-state index contributed by atoms with van der Waals surface area (Å²) in [5.41, 5.74) is 2.73. The summed E-state index contributed by atoms with van der Waals surface area (Å²) in [6, 6.07) is 12.0. The van der Waals surface area contributed by atoms with Crippen molar-refractivity contribution in [1.82, 2.24) is 24.5 Å². The molecule has 0 aliphatic rings. The van der Waals surface area contributed by atoms with Gasteiger partial charge >= 0.3 is 0 Å². The number of amides is 1. The lowest BCUT2D eigenvalue weighted by Crippen LogP contribution is -2.45. The predicted octanol–water partition coefficient (Wildman–Crippen LogP) is 3.66. The van der Waals surface area contributed by atoms with E-state index in [2.05, 4.69) is 35.8 Å². The van der Waals surface area contributed by atoms with Gasteiger partial charge in [0.2, 0.25) is 11.1 Å². The van der Waals surface area contributed by atoms with Crippen LogP contribution < -0.4 is 0 Å². The van der Waals surface area contributed by atoms with Gasteiger partial charge in [-0.05, 0) is 46.2 Å². The maximum absolute atomic E-state index is 12.9. The largest absolute Gasteiger partial charge is 0.333 e. The van der Waals surface area contributed by atoms with Crippen molar-refractivity contribution >= 4 is 23.4 Å². The van der Waals surface area contributed by atoms with Crippen LogP contribution in [0, 0.1) is 13.8 Å². The molecule has 0 radical (unpaired) electrons.